The van der Waals surface area contributed by atoms with Crippen LogP contribution in [-0.2, 0) is 0 Å². The Kier molecular flexibility index (Phi) is 5.68. The Morgan fingerprint density at radius 1 is 0.415 bits per heavy atom. The summed E-state index contributed by atoms with van der Waals surface area (Å²) < 4.78 is 10.8. The monoisotopic (exact) mass is 677 g/mol. The number of nitrogens with zero attached hydrogens (tertiary/aromatic N) is 5. The van der Waals surface area contributed by atoms with Gasteiger partial charge in [0.25, 0.3) is 0 Å². The van der Waals surface area contributed by atoms with Gasteiger partial charge in [-0.1, -0.05) is 140 Å². The lowest BCUT2D eigenvalue weighted by Crippen LogP contribution is -2.03. The van der Waals surface area contributed by atoms with Crippen LogP contribution >= 0.6 is 0 Å². The molecule has 7 aromatic carbocycles. The third kappa shape index (κ3) is 3.94. The fraction of sp³-hybridized carbons (Fsp3) is 0. The molecule has 0 aliphatic carbocycles. The number of fused-ring (bicyclic) bond motifs is 14. The summed E-state index contributed by atoms with van der Waals surface area (Å²) >= 11 is 0. The van der Waals surface area contributed by atoms with Crippen LogP contribution < -0.4 is 0 Å². The van der Waals surface area contributed by atoms with Gasteiger partial charge in [0.1, 0.15) is 22.3 Å². The van der Waals surface area contributed by atoms with E-state index in [-0.39, 0.29) is 0 Å². The average Bonchev–Trinajstić information content (AvgIpc) is 3.90. The molecule has 6 nitrogen and oxygen atoms in total. The maximum atomic E-state index is 6.38. The lowest BCUT2D eigenvalue weighted by molar-refractivity contribution is 0.670. The van der Waals surface area contributed by atoms with Crippen molar-refractivity contribution in [1.29, 1.82) is 0 Å². The zero-order valence-electron chi connectivity index (χ0n) is 28.2. The van der Waals surface area contributed by atoms with Crippen molar-refractivity contribution >= 4 is 82.2 Å². The second-order valence-electron chi connectivity index (χ2n) is 13.6. The van der Waals surface area contributed by atoms with Crippen LogP contribution in [0.2, 0.25) is 0 Å². The normalized spacial score (nSPS) is 12.2. The van der Waals surface area contributed by atoms with Gasteiger partial charge in [-0.2, -0.15) is 0 Å². The molecular weight excluding hydrogens is 651 g/mol. The fourth-order valence-electron chi connectivity index (χ4n) is 8.38. The van der Waals surface area contributed by atoms with E-state index < -0.39 is 0 Å². The number of imidazole rings is 1. The van der Waals surface area contributed by atoms with Crippen molar-refractivity contribution in [2.75, 3.05) is 0 Å². The maximum absolute atomic E-state index is 6.38. The topological polar surface area (TPSA) is 61.2 Å². The molecule has 0 N–H and O–H groups in total. The summed E-state index contributed by atoms with van der Waals surface area (Å²) in [4.78, 5) is 16.0. The maximum Gasteiger partial charge on any atom is 0.237 e. The molecule has 0 saturated heterocycles. The number of aromatic nitrogens is 5. The number of pyridine rings is 1. The molecule has 12 aromatic rings. The van der Waals surface area contributed by atoms with E-state index in [0.29, 0.717) is 5.95 Å². The number of furan rings is 1. The summed E-state index contributed by atoms with van der Waals surface area (Å²) in [6.45, 7) is 0. The Bertz CT molecular complexity index is 3460. The standard InChI is InChI=1S/C47H27N5O/c1-2-15-35-31(12-1)32-13-4-8-21-39(32)51-43-37-17-5-9-22-40(37)52(46(43)50-45(35)51)47-48-38-20-7-3-16-36(38)42(49-47)29-26-24-28(25-27-29)30-18-11-19-34-33-14-6-10-23-41(33)53-44(30)34/h1-27H. The van der Waals surface area contributed by atoms with Crippen molar-refractivity contribution in [1.82, 2.24) is 23.9 Å². The number of hydrogen-bond donors (Lipinski definition) is 0. The Balaban J connectivity index is 1.10. The van der Waals surface area contributed by atoms with E-state index >= 15 is 0 Å². The highest BCUT2D eigenvalue weighted by Crippen LogP contribution is 2.40. The molecular formula is C47H27N5O. The molecule has 0 saturated carbocycles. The highest BCUT2D eigenvalue weighted by atomic mass is 16.3. The highest BCUT2D eigenvalue weighted by Gasteiger charge is 2.23. The molecule has 0 aliphatic heterocycles. The van der Waals surface area contributed by atoms with Crippen molar-refractivity contribution in [3.63, 3.8) is 0 Å². The Morgan fingerprint density at radius 2 is 1.06 bits per heavy atom. The molecule has 0 bridgehead atoms. The zero-order chi connectivity index (χ0) is 34.6. The van der Waals surface area contributed by atoms with Crippen molar-refractivity contribution in [2.24, 2.45) is 0 Å². The second-order valence-corrected chi connectivity index (χ2v) is 13.6. The van der Waals surface area contributed by atoms with E-state index in [2.05, 4.69) is 148 Å². The van der Waals surface area contributed by atoms with E-state index in [0.717, 1.165) is 93.8 Å². The van der Waals surface area contributed by atoms with Gasteiger partial charge in [0.2, 0.25) is 5.95 Å². The number of hydrogen-bond acceptors (Lipinski definition) is 4. The van der Waals surface area contributed by atoms with Crippen LogP contribution in [0, 0.1) is 0 Å². The Labute approximate surface area is 301 Å². The van der Waals surface area contributed by atoms with Crippen molar-refractivity contribution in [3.8, 4) is 28.3 Å². The summed E-state index contributed by atoms with van der Waals surface area (Å²) in [5.74, 6) is 0.582. The molecule has 0 spiro atoms. The van der Waals surface area contributed by atoms with Crippen LogP contribution in [0.3, 0.4) is 0 Å². The lowest BCUT2D eigenvalue weighted by atomic mass is 9.99. The third-order valence-corrected chi connectivity index (χ3v) is 10.7. The minimum absolute atomic E-state index is 0.582. The first-order valence-electron chi connectivity index (χ1n) is 17.8. The molecule has 12 rings (SSSR count). The molecule has 5 aromatic heterocycles. The molecule has 0 aliphatic rings. The van der Waals surface area contributed by atoms with E-state index in [1.807, 2.05) is 24.3 Å². The van der Waals surface area contributed by atoms with Crippen LogP contribution in [0.4, 0.5) is 0 Å². The molecule has 0 unspecified atom stereocenters. The van der Waals surface area contributed by atoms with Crippen LogP contribution in [0.15, 0.2) is 168 Å². The SMILES string of the molecule is c1ccc2c(-c3ccc(-c4cccc5c4oc4ccccc45)cc3)nc(-n3c4ccccc4c4c3nc3c5ccccc5c5ccccc5n34)nc2c1. The summed E-state index contributed by atoms with van der Waals surface area (Å²) in [6.07, 6.45) is 0. The minimum Gasteiger partial charge on any atom is -0.455 e. The number of para-hydroxylation sites is 5. The minimum atomic E-state index is 0.582. The lowest BCUT2D eigenvalue weighted by Gasteiger charge is -2.12. The molecule has 0 amide bonds. The third-order valence-electron chi connectivity index (χ3n) is 10.7. The van der Waals surface area contributed by atoms with Gasteiger partial charge >= 0.3 is 0 Å². The van der Waals surface area contributed by atoms with E-state index in [1.54, 1.807) is 0 Å². The number of benzene rings is 7. The number of rotatable bonds is 3. The van der Waals surface area contributed by atoms with Gasteiger partial charge in [0, 0.05) is 43.4 Å². The molecule has 0 radical (unpaired) electrons. The average molecular weight is 678 g/mol. The van der Waals surface area contributed by atoms with Gasteiger partial charge in [0.15, 0.2) is 5.65 Å². The molecule has 0 fully saturated rings. The van der Waals surface area contributed by atoms with Crippen LogP contribution in [-0.4, -0.2) is 23.9 Å². The summed E-state index contributed by atoms with van der Waals surface area (Å²) in [6, 6.07) is 57.0. The molecule has 5 heterocycles. The van der Waals surface area contributed by atoms with Crippen molar-refractivity contribution < 1.29 is 4.42 Å². The first-order valence-corrected chi connectivity index (χ1v) is 17.8. The highest BCUT2D eigenvalue weighted by molar-refractivity contribution is 6.17. The van der Waals surface area contributed by atoms with Crippen LogP contribution in [0.25, 0.3) is 111 Å². The van der Waals surface area contributed by atoms with Gasteiger partial charge in [0.05, 0.1) is 22.2 Å². The summed E-state index contributed by atoms with van der Waals surface area (Å²) in [7, 11) is 0. The van der Waals surface area contributed by atoms with Crippen LogP contribution in [0.5, 0.6) is 0 Å². The smallest absolute Gasteiger partial charge is 0.237 e. The van der Waals surface area contributed by atoms with Gasteiger partial charge in [-0.05, 0) is 35.2 Å². The van der Waals surface area contributed by atoms with Gasteiger partial charge in [-0.3, -0.25) is 8.97 Å². The van der Waals surface area contributed by atoms with Crippen molar-refractivity contribution in [2.45, 2.75) is 0 Å². The van der Waals surface area contributed by atoms with Crippen molar-refractivity contribution in [3.05, 3.63) is 164 Å². The second kappa shape index (κ2) is 10.6. The summed E-state index contributed by atoms with van der Waals surface area (Å²) in [5.41, 5.74) is 11.6. The predicted octanol–water partition coefficient (Wildman–Crippen LogP) is 11.9. The molecule has 53 heavy (non-hydrogen) atoms. The van der Waals surface area contributed by atoms with Gasteiger partial charge in [-0.15, -0.1) is 0 Å². The predicted molar refractivity (Wildman–Crippen MR) is 216 cm³/mol. The summed E-state index contributed by atoms with van der Waals surface area (Å²) in [5, 5.41) is 7.81. The van der Waals surface area contributed by atoms with Gasteiger partial charge < -0.3 is 4.42 Å². The molecule has 0 atom stereocenters. The zero-order valence-corrected chi connectivity index (χ0v) is 28.2. The fourth-order valence-corrected chi connectivity index (χ4v) is 8.38. The first-order chi connectivity index (χ1) is 26.3. The molecule has 246 valence electrons. The Morgan fingerprint density at radius 3 is 1.91 bits per heavy atom. The van der Waals surface area contributed by atoms with E-state index in [9.17, 15) is 0 Å². The van der Waals surface area contributed by atoms with Gasteiger partial charge in [-0.25, -0.2) is 15.0 Å². The Hall–Kier alpha value is -7.31. The molecule has 6 heteroatoms. The van der Waals surface area contributed by atoms with E-state index in [4.69, 9.17) is 19.4 Å². The largest absolute Gasteiger partial charge is 0.455 e. The van der Waals surface area contributed by atoms with E-state index in [1.165, 1.54) is 10.8 Å². The first kappa shape index (κ1) is 28.4. The quantitative estimate of drug-likeness (QED) is 0.175. The van der Waals surface area contributed by atoms with Crippen LogP contribution in [0.1, 0.15) is 0 Å².